The van der Waals surface area contributed by atoms with Gasteiger partial charge in [0.15, 0.2) is 5.96 Å². The summed E-state index contributed by atoms with van der Waals surface area (Å²) < 4.78 is 10.8. The summed E-state index contributed by atoms with van der Waals surface area (Å²) in [6.45, 7) is 3.88. The van der Waals surface area contributed by atoms with Crippen molar-refractivity contribution in [1.82, 2.24) is 10.6 Å². The maximum absolute atomic E-state index is 9.97. The van der Waals surface area contributed by atoms with Gasteiger partial charge >= 0.3 is 0 Å². The van der Waals surface area contributed by atoms with Gasteiger partial charge in [-0.15, -0.1) is 0 Å². The first-order valence-corrected chi connectivity index (χ1v) is 8.62. The normalized spacial score (nSPS) is 11.1. The van der Waals surface area contributed by atoms with Gasteiger partial charge in [0.1, 0.15) is 23.9 Å². The molecule has 3 N–H and O–H groups in total. The number of nitrogens with one attached hydrogen (secondary N) is 2. The number of hydrogen-bond acceptors (Lipinski definition) is 4. The lowest BCUT2D eigenvalue weighted by molar-refractivity contribution is 0.322. The fourth-order valence-corrected chi connectivity index (χ4v) is 2.39. The van der Waals surface area contributed by atoms with E-state index in [1.807, 2.05) is 43.3 Å². The quantitative estimate of drug-likeness (QED) is 0.384. The molecule has 2 aromatic carbocycles. The van der Waals surface area contributed by atoms with Crippen molar-refractivity contribution in [2.75, 3.05) is 33.9 Å². The molecule has 0 spiro atoms. The second kappa shape index (κ2) is 10.2. The summed E-state index contributed by atoms with van der Waals surface area (Å²) in [6, 6.07) is 13.3. The average molecular weight is 357 g/mol. The highest BCUT2D eigenvalue weighted by atomic mass is 16.5. The van der Waals surface area contributed by atoms with Gasteiger partial charge in [0.25, 0.3) is 0 Å². The Morgan fingerprint density at radius 3 is 2.38 bits per heavy atom. The van der Waals surface area contributed by atoms with Crippen LogP contribution in [0.25, 0.3) is 0 Å². The molecule has 0 heterocycles. The topological polar surface area (TPSA) is 75.1 Å². The van der Waals surface area contributed by atoms with E-state index in [0.29, 0.717) is 37.8 Å². The van der Waals surface area contributed by atoms with E-state index in [2.05, 4.69) is 15.6 Å². The van der Waals surface area contributed by atoms with Crippen LogP contribution in [0.4, 0.5) is 0 Å². The summed E-state index contributed by atoms with van der Waals surface area (Å²) >= 11 is 0. The molecule has 6 heteroatoms. The van der Waals surface area contributed by atoms with E-state index in [1.165, 1.54) is 5.56 Å². The van der Waals surface area contributed by atoms with Gasteiger partial charge in [-0.3, -0.25) is 4.99 Å². The second-order valence-corrected chi connectivity index (χ2v) is 5.83. The van der Waals surface area contributed by atoms with Crippen LogP contribution in [-0.2, 0) is 6.42 Å². The third-order valence-electron chi connectivity index (χ3n) is 3.89. The Morgan fingerprint density at radius 1 is 1.04 bits per heavy atom. The van der Waals surface area contributed by atoms with Crippen LogP contribution in [0.3, 0.4) is 0 Å². The van der Waals surface area contributed by atoms with Crippen molar-refractivity contribution in [3.05, 3.63) is 53.6 Å². The average Bonchev–Trinajstić information content (AvgIpc) is 2.66. The zero-order valence-corrected chi connectivity index (χ0v) is 15.6. The standard InChI is InChI=1S/C20H27N3O3/c1-15-4-7-17(8-5-15)26-13-12-23-20(21-2)22-11-10-16-6-9-18(25-3)14-19(16)24/h4-9,14,24H,10-13H2,1-3H3,(H2,21,22,23). The molecule has 6 nitrogen and oxygen atoms in total. The maximum Gasteiger partial charge on any atom is 0.191 e. The van der Waals surface area contributed by atoms with Crippen LogP contribution in [0.5, 0.6) is 17.2 Å². The first kappa shape index (κ1) is 19.4. The number of hydrogen-bond donors (Lipinski definition) is 3. The van der Waals surface area contributed by atoms with Gasteiger partial charge in [-0.05, 0) is 37.1 Å². The predicted octanol–water partition coefficient (Wildman–Crippen LogP) is 2.50. The number of benzene rings is 2. The zero-order valence-electron chi connectivity index (χ0n) is 15.6. The van der Waals surface area contributed by atoms with Crippen molar-refractivity contribution in [3.8, 4) is 17.2 Å². The number of nitrogens with zero attached hydrogens (tertiary/aromatic N) is 1. The third-order valence-corrected chi connectivity index (χ3v) is 3.89. The fourth-order valence-electron chi connectivity index (χ4n) is 2.39. The molecule has 2 aromatic rings. The van der Waals surface area contributed by atoms with E-state index in [1.54, 1.807) is 20.2 Å². The van der Waals surface area contributed by atoms with Gasteiger partial charge in [-0.1, -0.05) is 23.8 Å². The van der Waals surface area contributed by atoms with E-state index in [0.717, 1.165) is 11.3 Å². The Balaban J connectivity index is 1.68. The van der Waals surface area contributed by atoms with Crippen molar-refractivity contribution in [2.45, 2.75) is 13.3 Å². The minimum absolute atomic E-state index is 0.237. The number of aryl methyl sites for hydroxylation is 1. The number of rotatable bonds is 8. The van der Waals surface area contributed by atoms with Crippen molar-refractivity contribution in [2.24, 2.45) is 4.99 Å². The van der Waals surface area contributed by atoms with E-state index in [-0.39, 0.29) is 5.75 Å². The SMILES string of the molecule is CN=C(NCCOc1ccc(C)cc1)NCCc1ccc(OC)cc1O. The molecular formula is C20H27N3O3. The Labute approximate surface area is 154 Å². The molecule has 0 aliphatic carbocycles. The van der Waals surface area contributed by atoms with Gasteiger partial charge in [0.2, 0.25) is 0 Å². The highest BCUT2D eigenvalue weighted by Crippen LogP contribution is 2.23. The number of phenolic OH excluding ortho intramolecular Hbond substituents is 1. The molecule has 0 fully saturated rings. The second-order valence-electron chi connectivity index (χ2n) is 5.83. The molecule has 0 aliphatic heterocycles. The molecule has 0 atom stereocenters. The summed E-state index contributed by atoms with van der Waals surface area (Å²) in [5.74, 6) is 2.44. The van der Waals surface area contributed by atoms with Crippen molar-refractivity contribution >= 4 is 5.96 Å². The number of aliphatic imine (C=N–C) groups is 1. The molecule has 0 aromatic heterocycles. The molecule has 0 saturated heterocycles. The summed E-state index contributed by atoms with van der Waals surface area (Å²) in [5.41, 5.74) is 2.07. The highest BCUT2D eigenvalue weighted by molar-refractivity contribution is 5.79. The summed E-state index contributed by atoms with van der Waals surface area (Å²) in [4.78, 5) is 4.18. The van der Waals surface area contributed by atoms with Gasteiger partial charge in [0, 0.05) is 19.7 Å². The van der Waals surface area contributed by atoms with Crippen molar-refractivity contribution < 1.29 is 14.6 Å². The fraction of sp³-hybridized carbons (Fsp3) is 0.350. The van der Waals surface area contributed by atoms with Crippen LogP contribution in [0.2, 0.25) is 0 Å². The lowest BCUT2D eigenvalue weighted by atomic mass is 10.1. The van der Waals surface area contributed by atoms with E-state index >= 15 is 0 Å². The minimum atomic E-state index is 0.237. The minimum Gasteiger partial charge on any atom is -0.508 e. The molecule has 0 radical (unpaired) electrons. The van der Waals surface area contributed by atoms with Crippen LogP contribution >= 0.6 is 0 Å². The van der Waals surface area contributed by atoms with E-state index < -0.39 is 0 Å². The van der Waals surface area contributed by atoms with Gasteiger partial charge in [-0.25, -0.2) is 0 Å². The van der Waals surface area contributed by atoms with E-state index in [9.17, 15) is 5.11 Å². The monoisotopic (exact) mass is 357 g/mol. The Kier molecular flexibility index (Phi) is 7.61. The van der Waals surface area contributed by atoms with Gasteiger partial charge in [-0.2, -0.15) is 0 Å². The van der Waals surface area contributed by atoms with Crippen LogP contribution in [0, 0.1) is 6.92 Å². The molecule has 26 heavy (non-hydrogen) atoms. The van der Waals surface area contributed by atoms with E-state index in [4.69, 9.17) is 9.47 Å². The Bertz CT molecular complexity index is 715. The number of methoxy groups -OCH3 is 1. The first-order chi connectivity index (χ1) is 12.6. The lowest BCUT2D eigenvalue weighted by Crippen LogP contribution is -2.40. The summed E-state index contributed by atoms with van der Waals surface area (Å²) in [6.07, 6.45) is 0.677. The third kappa shape index (κ3) is 6.20. The number of aromatic hydroxyl groups is 1. The molecular weight excluding hydrogens is 330 g/mol. The van der Waals surface area contributed by atoms with Crippen molar-refractivity contribution in [1.29, 1.82) is 0 Å². The van der Waals surface area contributed by atoms with Crippen LogP contribution in [0.1, 0.15) is 11.1 Å². The number of phenols is 1. The number of guanidine groups is 1. The van der Waals surface area contributed by atoms with Crippen LogP contribution in [0.15, 0.2) is 47.5 Å². The zero-order chi connectivity index (χ0) is 18.8. The summed E-state index contributed by atoms with van der Waals surface area (Å²) in [5, 5.41) is 16.4. The van der Waals surface area contributed by atoms with Crippen LogP contribution in [-0.4, -0.2) is 44.9 Å². The lowest BCUT2D eigenvalue weighted by Gasteiger charge is -2.13. The molecule has 2 rings (SSSR count). The molecule has 0 unspecified atom stereocenters. The Morgan fingerprint density at radius 2 is 1.73 bits per heavy atom. The first-order valence-electron chi connectivity index (χ1n) is 8.62. The van der Waals surface area contributed by atoms with Crippen LogP contribution < -0.4 is 20.1 Å². The van der Waals surface area contributed by atoms with Gasteiger partial charge < -0.3 is 25.2 Å². The summed E-state index contributed by atoms with van der Waals surface area (Å²) in [7, 11) is 3.30. The largest absolute Gasteiger partial charge is 0.508 e. The number of ether oxygens (including phenoxy) is 2. The smallest absolute Gasteiger partial charge is 0.191 e. The Hall–Kier alpha value is -2.89. The highest BCUT2D eigenvalue weighted by Gasteiger charge is 2.04. The molecule has 0 bridgehead atoms. The maximum atomic E-state index is 9.97. The van der Waals surface area contributed by atoms with Gasteiger partial charge in [0.05, 0.1) is 13.7 Å². The molecule has 140 valence electrons. The predicted molar refractivity (Wildman–Crippen MR) is 104 cm³/mol. The molecule has 0 aliphatic rings. The molecule has 0 saturated carbocycles. The van der Waals surface area contributed by atoms with Crippen molar-refractivity contribution in [3.63, 3.8) is 0 Å². The molecule has 0 amide bonds.